The van der Waals surface area contributed by atoms with Crippen molar-refractivity contribution in [1.82, 2.24) is 4.68 Å². The number of phenols is 1. The van der Waals surface area contributed by atoms with E-state index in [4.69, 9.17) is 4.74 Å². The first-order chi connectivity index (χ1) is 13.1. The third-order valence-electron chi connectivity index (χ3n) is 3.74. The molecule has 0 radical (unpaired) electrons. The molecule has 0 saturated carbocycles. The number of rotatable bonds is 6. The van der Waals surface area contributed by atoms with Gasteiger partial charge in [0.05, 0.1) is 25.6 Å². The van der Waals surface area contributed by atoms with Gasteiger partial charge < -0.3 is 9.84 Å². The summed E-state index contributed by atoms with van der Waals surface area (Å²) in [6.45, 7) is 4.22. The molecule has 0 bridgehead atoms. The molecule has 0 amide bonds. The second kappa shape index (κ2) is 8.83. The normalized spacial score (nSPS) is 11.9. The van der Waals surface area contributed by atoms with Crippen LogP contribution in [0, 0.1) is 0 Å². The fraction of sp³-hybridized carbons (Fsp3) is 0.100. The van der Waals surface area contributed by atoms with Crippen molar-refractivity contribution >= 4 is 33.5 Å². The van der Waals surface area contributed by atoms with Crippen molar-refractivity contribution in [3.05, 3.63) is 75.3 Å². The predicted molar refractivity (Wildman–Crippen MR) is 114 cm³/mol. The molecule has 0 saturated heterocycles. The lowest BCUT2D eigenvalue weighted by atomic mass is 10.2. The van der Waals surface area contributed by atoms with Crippen molar-refractivity contribution in [3.8, 4) is 22.8 Å². The van der Waals surface area contributed by atoms with Crippen LogP contribution in [0.4, 0.5) is 0 Å². The van der Waals surface area contributed by atoms with Gasteiger partial charge in [-0.2, -0.15) is 5.10 Å². The van der Waals surface area contributed by atoms with Gasteiger partial charge in [-0.15, -0.1) is 17.9 Å². The maximum atomic E-state index is 10.3. The third-order valence-corrected chi connectivity index (χ3v) is 5.13. The lowest BCUT2D eigenvalue weighted by molar-refractivity contribution is 0.373. The van der Waals surface area contributed by atoms with Crippen molar-refractivity contribution in [2.24, 2.45) is 10.1 Å². The highest BCUT2D eigenvalue weighted by atomic mass is 79.9. The van der Waals surface area contributed by atoms with Crippen LogP contribution in [0.15, 0.2) is 75.1 Å². The topological polar surface area (TPSA) is 59.1 Å². The molecular weight excluding hydrogens is 426 g/mol. The molecule has 1 aromatic heterocycles. The van der Waals surface area contributed by atoms with E-state index < -0.39 is 0 Å². The molecule has 0 aliphatic carbocycles. The Hall–Kier alpha value is -2.64. The van der Waals surface area contributed by atoms with Crippen LogP contribution < -0.4 is 9.54 Å². The lowest BCUT2D eigenvalue weighted by Gasteiger charge is -2.06. The van der Waals surface area contributed by atoms with Crippen LogP contribution in [0.1, 0.15) is 5.56 Å². The maximum absolute atomic E-state index is 10.3. The molecule has 0 spiro atoms. The van der Waals surface area contributed by atoms with Crippen molar-refractivity contribution in [1.29, 1.82) is 0 Å². The molecule has 27 heavy (non-hydrogen) atoms. The summed E-state index contributed by atoms with van der Waals surface area (Å²) in [6, 6.07) is 13.3. The SMILES string of the molecule is C=CCN=c1scc(-c2ccc(Br)cc2)n1N=Cc1cccc(OC)c1O. The summed E-state index contributed by atoms with van der Waals surface area (Å²) in [5.74, 6) is 0.452. The number of methoxy groups -OCH3 is 1. The largest absolute Gasteiger partial charge is 0.504 e. The van der Waals surface area contributed by atoms with Crippen molar-refractivity contribution in [3.63, 3.8) is 0 Å². The van der Waals surface area contributed by atoms with Gasteiger partial charge in [-0.3, -0.25) is 4.99 Å². The van der Waals surface area contributed by atoms with Crippen LogP contribution in [-0.4, -0.2) is 29.7 Å². The molecule has 0 aliphatic heterocycles. The maximum Gasteiger partial charge on any atom is 0.206 e. The van der Waals surface area contributed by atoms with Crippen LogP contribution in [-0.2, 0) is 0 Å². The highest BCUT2D eigenvalue weighted by Gasteiger charge is 2.09. The highest BCUT2D eigenvalue weighted by Crippen LogP contribution is 2.28. The molecule has 0 fully saturated rings. The monoisotopic (exact) mass is 443 g/mol. The molecule has 3 rings (SSSR count). The van der Waals surface area contributed by atoms with E-state index in [1.807, 2.05) is 29.6 Å². The second-order valence-electron chi connectivity index (χ2n) is 5.49. The number of thiazole rings is 1. The smallest absolute Gasteiger partial charge is 0.206 e. The summed E-state index contributed by atoms with van der Waals surface area (Å²) < 4.78 is 7.92. The molecule has 138 valence electrons. The Morgan fingerprint density at radius 1 is 1.26 bits per heavy atom. The quantitative estimate of drug-likeness (QED) is 0.444. The van der Waals surface area contributed by atoms with E-state index in [0.717, 1.165) is 20.5 Å². The van der Waals surface area contributed by atoms with E-state index in [9.17, 15) is 5.11 Å². The summed E-state index contributed by atoms with van der Waals surface area (Å²) in [4.78, 5) is 5.25. The number of aromatic hydroxyl groups is 1. The van der Waals surface area contributed by atoms with Gasteiger partial charge in [-0.05, 0) is 24.3 Å². The van der Waals surface area contributed by atoms with Gasteiger partial charge in [0.15, 0.2) is 11.5 Å². The summed E-state index contributed by atoms with van der Waals surface area (Å²) >= 11 is 4.95. The van der Waals surface area contributed by atoms with E-state index in [1.54, 1.807) is 35.2 Å². The van der Waals surface area contributed by atoms with E-state index >= 15 is 0 Å². The Labute approximate surface area is 169 Å². The first-order valence-electron chi connectivity index (χ1n) is 8.12. The fourth-order valence-electron chi connectivity index (χ4n) is 2.41. The Morgan fingerprint density at radius 3 is 2.74 bits per heavy atom. The Kier molecular flexibility index (Phi) is 6.26. The minimum atomic E-state index is 0.0503. The van der Waals surface area contributed by atoms with Crippen LogP contribution in [0.2, 0.25) is 0 Å². The minimum Gasteiger partial charge on any atom is -0.504 e. The van der Waals surface area contributed by atoms with Gasteiger partial charge in [0.1, 0.15) is 0 Å². The van der Waals surface area contributed by atoms with E-state index in [1.165, 1.54) is 18.4 Å². The van der Waals surface area contributed by atoms with Gasteiger partial charge in [0, 0.05) is 21.0 Å². The number of halogens is 1. The van der Waals surface area contributed by atoms with E-state index in [0.29, 0.717) is 17.9 Å². The van der Waals surface area contributed by atoms with Crippen LogP contribution in [0.5, 0.6) is 11.5 Å². The molecule has 3 aromatic rings. The first-order valence-corrected chi connectivity index (χ1v) is 9.79. The van der Waals surface area contributed by atoms with Gasteiger partial charge in [-0.1, -0.05) is 40.2 Å². The zero-order valence-corrected chi connectivity index (χ0v) is 17.1. The van der Waals surface area contributed by atoms with Gasteiger partial charge in [0.2, 0.25) is 4.80 Å². The number of aromatic nitrogens is 1. The fourth-order valence-corrected chi connectivity index (χ4v) is 3.52. The minimum absolute atomic E-state index is 0.0503. The average Bonchev–Trinajstić information content (AvgIpc) is 3.09. The molecule has 0 unspecified atom stereocenters. The van der Waals surface area contributed by atoms with E-state index in [-0.39, 0.29) is 5.75 Å². The van der Waals surface area contributed by atoms with Crippen molar-refractivity contribution in [2.75, 3.05) is 13.7 Å². The third kappa shape index (κ3) is 4.37. The Morgan fingerprint density at radius 2 is 2.04 bits per heavy atom. The van der Waals surface area contributed by atoms with Crippen LogP contribution in [0.3, 0.4) is 0 Å². The Balaban J connectivity index is 2.08. The molecule has 1 N–H and O–H groups in total. The van der Waals surface area contributed by atoms with E-state index in [2.05, 4.69) is 32.6 Å². The zero-order valence-electron chi connectivity index (χ0n) is 14.7. The van der Waals surface area contributed by atoms with Crippen molar-refractivity contribution in [2.45, 2.75) is 0 Å². The molecule has 5 nitrogen and oxygen atoms in total. The van der Waals surface area contributed by atoms with Gasteiger partial charge >= 0.3 is 0 Å². The summed E-state index contributed by atoms with van der Waals surface area (Å²) in [7, 11) is 1.52. The average molecular weight is 444 g/mol. The molecule has 1 heterocycles. The summed E-state index contributed by atoms with van der Waals surface area (Å²) in [6.07, 6.45) is 3.33. The Bertz CT molecular complexity index is 1040. The number of nitrogens with zero attached hydrogens (tertiary/aromatic N) is 3. The highest BCUT2D eigenvalue weighted by molar-refractivity contribution is 9.10. The van der Waals surface area contributed by atoms with Crippen LogP contribution >= 0.6 is 27.3 Å². The summed E-state index contributed by atoms with van der Waals surface area (Å²) in [5, 5.41) is 16.9. The number of ether oxygens (including phenoxy) is 1. The lowest BCUT2D eigenvalue weighted by Crippen LogP contribution is -2.12. The number of para-hydroxylation sites is 1. The molecule has 0 atom stereocenters. The van der Waals surface area contributed by atoms with Gasteiger partial charge in [0.25, 0.3) is 0 Å². The standard InChI is InChI=1S/C20H18BrN3O2S/c1-3-11-22-20-24(17(13-27-20)14-7-9-16(21)10-8-14)23-12-15-5-4-6-18(26-2)19(15)25/h3-10,12-13,25H,1,11H2,2H3. The molecule has 2 aromatic carbocycles. The number of phenolic OH excluding ortho intramolecular Hbond substituents is 1. The molecule has 0 aliphatic rings. The molecule has 7 heteroatoms. The number of hydrogen-bond acceptors (Lipinski definition) is 5. The van der Waals surface area contributed by atoms with Crippen molar-refractivity contribution < 1.29 is 9.84 Å². The zero-order chi connectivity index (χ0) is 19.2. The van der Waals surface area contributed by atoms with Gasteiger partial charge in [-0.25, -0.2) is 4.68 Å². The molecular formula is C20H18BrN3O2S. The predicted octanol–water partition coefficient (Wildman–Crippen LogP) is 4.66. The summed E-state index contributed by atoms with van der Waals surface area (Å²) in [5.41, 5.74) is 2.49. The van der Waals surface area contributed by atoms with Crippen LogP contribution in [0.25, 0.3) is 11.3 Å². The number of hydrogen-bond donors (Lipinski definition) is 1. The number of benzene rings is 2. The first kappa shape index (κ1) is 19.1. The second-order valence-corrected chi connectivity index (χ2v) is 7.25.